The van der Waals surface area contributed by atoms with Crippen molar-refractivity contribution >= 4 is 28.8 Å². The summed E-state index contributed by atoms with van der Waals surface area (Å²) < 4.78 is 16.3. The van der Waals surface area contributed by atoms with Crippen LogP contribution >= 0.6 is 11.3 Å². The number of carbonyl (C=O) groups excluding carboxylic acids is 1. The Kier molecular flexibility index (Phi) is 6.73. The summed E-state index contributed by atoms with van der Waals surface area (Å²) in [7, 11) is 3.10. The molecule has 0 spiro atoms. The molecule has 3 aromatic rings. The quantitative estimate of drug-likeness (QED) is 0.350. The number of hydrazone groups is 1. The smallest absolute Gasteiger partial charge is 0.406 e. The van der Waals surface area contributed by atoms with Gasteiger partial charge in [-0.2, -0.15) is 5.10 Å². The first-order chi connectivity index (χ1) is 16.4. The molecule has 0 fully saturated rings. The van der Waals surface area contributed by atoms with E-state index in [1.165, 1.54) is 22.4 Å². The molecule has 0 aliphatic carbocycles. The van der Waals surface area contributed by atoms with E-state index in [1.54, 1.807) is 33.3 Å². The van der Waals surface area contributed by atoms with E-state index in [0.717, 1.165) is 16.2 Å². The maximum atomic E-state index is 13.2. The van der Waals surface area contributed by atoms with Gasteiger partial charge in [-0.05, 0) is 51.2 Å². The standard InChI is InChI=1S/C23H22N4O6S/c1-14-6-8-19(23(24-14)27(29)30)33-13-22(28)26-17(12-16(25-26)21-5-4-10-34-21)15-7-9-18(31-2)20(11-15)32-3/h4-11,17H,12-13H2,1-3H3. The van der Waals surface area contributed by atoms with Gasteiger partial charge in [-0.15, -0.1) is 11.3 Å². The van der Waals surface area contributed by atoms with Crippen LogP contribution in [-0.4, -0.2) is 47.4 Å². The first kappa shape index (κ1) is 23.2. The van der Waals surface area contributed by atoms with Crippen LogP contribution in [0.25, 0.3) is 0 Å². The average molecular weight is 483 g/mol. The fourth-order valence-electron chi connectivity index (χ4n) is 3.63. The van der Waals surface area contributed by atoms with Crippen molar-refractivity contribution in [2.45, 2.75) is 19.4 Å². The summed E-state index contributed by atoms with van der Waals surface area (Å²) in [4.78, 5) is 28.7. The molecular weight excluding hydrogens is 460 g/mol. The molecule has 1 unspecified atom stereocenters. The molecule has 0 radical (unpaired) electrons. The van der Waals surface area contributed by atoms with E-state index < -0.39 is 29.3 Å². The van der Waals surface area contributed by atoms with Crippen molar-refractivity contribution < 1.29 is 23.9 Å². The van der Waals surface area contributed by atoms with Gasteiger partial charge in [0.2, 0.25) is 5.75 Å². The van der Waals surface area contributed by atoms with E-state index in [4.69, 9.17) is 14.2 Å². The van der Waals surface area contributed by atoms with Gasteiger partial charge >= 0.3 is 5.82 Å². The van der Waals surface area contributed by atoms with E-state index >= 15 is 0 Å². The highest BCUT2D eigenvalue weighted by Crippen LogP contribution is 2.38. The number of amides is 1. The third kappa shape index (κ3) is 4.69. The molecule has 0 saturated heterocycles. The lowest BCUT2D eigenvalue weighted by atomic mass is 10.0. The number of carbonyl (C=O) groups is 1. The lowest BCUT2D eigenvalue weighted by Gasteiger charge is -2.23. The van der Waals surface area contributed by atoms with Crippen LogP contribution in [0.4, 0.5) is 5.82 Å². The van der Waals surface area contributed by atoms with Gasteiger partial charge in [0, 0.05) is 13.3 Å². The fraction of sp³-hybridized carbons (Fsp3) is 0.261. The number of methoxy groups -OCH3 is 2. The summed E-state index contributed by atoms with van der Waals surface area (Å²) in [5.74, 6) is 0.154. The Hall–Kier alpha value is -3.99. The van der Waals surface area contributed by atoms with Crippen LogP contribution in [0, 0.1) is 17.0 Å². The molecule has 1 aliphatic heterocycles. The van der Waals surface area contributed by atoms with Crippen LogP contribution in [0.2, 0.25) is 0 Å². The molecule has 11 heteroatoms. The minimum atomic E-state index is -0.637. The SMILES string of the molecule is COc1ccc(C2CC(c3cccs3)=NN2C(=O)COc2ccc(C)nc2[N+](=O)[O-])cc1OC. The molecule has 1 aromatic carbocycles. The molecule has 1 atom stereocenters. The predicted molar refractivity (Wildman–Crippen MR) is 126 cm³/mol. The van der Waals surface area contributed by atoms with Crippen molar-refractivity contribution in [3.05, 3.63) is 74.1 Å². The number of hydrogen-bond donors (Lipinski definition) is 0. The van der Waals surface area contributed by atoms with Gasteiger partial charge in [0.05, 0.1) is 30.9 Å². The number of aromatic nitrogens is 1. The Morgan fingerprint density at radius 1 is 1.18 bits per heavy atom. The van der Waals surface area contributed by atoms with E-state index in [0.29, 0.717) is 23.6 Å². The van der Waals surface area contributed by atoms with Crippen molar-refractivity contribution in [2.24, 2.45) is 5.10 Å². The molecule has 0 N–H and O–H groups in total. The van der Waals surface area contributed by atoms with Crippen LogP contribution in [-0.2, 0) is 4.79 Å². The lowest BCUT2D eigenvalue weighted by molar-refractivity contribution is -0.390. The number of hydrogen-bond acceptors (Lipinski definition) is 9. The molecule has 1 amide bonds. The number of thiophene rings is 1. The predicted octanol–water partition coefficient (Wildman–Crippen LogP) is 4.13. The molecule has 4 rings (SSSR count). The first-order valence-electron chi connectivity index (χ1n) is 10.3. The monoisotopic (exact) mass is 482 g/mol. The Balaban J connectivity index is 1.61. The van der Waals surface area contributed by atoms with Crippen LogP contribution < -0.4 is 14.2 Å². The molecule has 10 nitrogen and oxygen atoms in total. The molecule has 1 aliphatic rings. The van der Waals surface area contributed by atoms with Crippen LogP contribution in [0.3, 0.4) is 0 Å². The summed E-state index contributed by atoms with van der Waals surface area (Å²) in [6.07, 6.45) is 0.494. The van der Waals surface area contributed by atoms with E-state index in [2.05, 4.69) is 10.1 Å². The fourth-order valence-corrected chi connectivity index (χ4v) is 4.35. The molecular formula is C23H22N4O6S. The van der Waals surface area contributed by atoms with Crippen molar-refractivity contribution in [1.82, 2.24) is 9.99 Å². The number of aryl methyl sites for hydroxylation is 1. The zero-order chi connectivity index (χ0) is 24.2. The Morgan fingerprint density at radius 2 is 1.94 bits per heavy atom. The second-order valence-electron chi connectivity index (χ2n) is 7.42. The summed E-state index contributed by atoms with van der Waals surface area (Å²) in [5.41, 5.74) is 2.05. The second kappa shape index (κ2) is 9.87. The van der Waals surface area contributed by atoms with Gasteiger partial charge in [0.15, 0.2) is 18.1 Å². The molecule has 0 bridgehead atoms. The highest BCUT2D eigenvalue weighted by Gasteiger charge is 2.34. The minimum absolute atomic E-state index is 0.0757. The first-order valence-corrected chi connectivity index (χ1v) is 11.2. The summed E-state index contributed by atoms with van der Waals surface area (Å²) in [6.45, 7) is 1.21. The zero-order valence-corrected chi connectivity index (χ0v) is 19.6. The van der Waals surface area contributed by atoms with Crippen molar-refractivity contribution in [3.8, 4) is 17.2 Å². The lowest BCUT2D eigenvalue weighted by Crippen LogP contribution is -2.31. The summed E-state index contributed by atoms with van der Waals surface area (Å²) >= 11 is 1.53. The van der Waals surface area contributed by atoms with Gasteiger partial charge in [-0.25, -0.2) is 5.01 Å². The second-order valence-corrected chi connectivity index (χ2v) is 8.36. The third-order valence-electron chi connectivity index (χ3n) is 5.27. The Morgan fingerprint density at radius 3 is 2.62 bits per heavy atom. The van der Waals surface area contributed by atoms with Crippen LogP contribution in [0.1, 0.15) is 28.6 Å². The highest BCUT2D eigenvalue weighted by atomic mass is 32.1. The van der Waals surface area contributed by atoms with Gasteiger partial charge in [0.1, 0.15) is 5.69 Å². The third-order valence-corrected chi connectivity index (χ3v) is 6.19. The highest BCUT2D eigenvalue weighted by molar-refractivity contribution is 7.12. The largest absolute Gasteiger partial charge is 0.493 e. The van der Waals surface area contributed by atoms with Crippen molar-refractivity contribution in [3.63, 3.8) is 0 Å². The molecule has 0 saturated carbocycles. The Bertz CT molecular complexity index is 1240. The normalized spacial score (nSPS) is 15.1. The topological polar surface area (TPSA) is 116 Å². The summed E-state index contributed by atoms with van der Waals surface area (Å²) in [5, 5.41) is 19.2. The van der Waals surface area contributed by atoms with Gasteiger partial charge in [-0.1, -0.05) is 12.1 Å². The van der Waals surface area contributed by atoms with E-state index in [9.17, 15) is 14.9 Å². The van der Waals surface area contributed by atoms with Crippen molar-refractivity contribution in [2.75, 3.05) is 20.8 Å². The van der Waals surface area contributed by atoms with Crippen LogP contribution in [0.5, 0.6) is 17.2 Å². The van der Waals surface area contributed by atoms with Gasteiger partial charge in [0.25, 0.3) is 5.91 Å². The minimum Gasteiger partial charge on any atom is -0.493 e. The number of rotatable bonds is 8. The van der Waals surface area contributed by atoms with Crippen molar-refractivity contribution in [1.29, 1.82) is 0 Å². The maximum absolute atomic E-state index is 13.2. The van der Waals surface area contributed by atoms with Gasteiger partial charge < -0.3 is 24.3 Å². The summed E-state index contributed by atoms with van der Waals surface area (Å²) in [6, 6.07) is 11.9. The van der Waals surface area contributed by atoms with E-state index in [-0.39, 0.29) is 5.75 Å². The zero-order valence-electron chi connectivity index (χ0n) is 18.8. The number of nitro groups is 1. The number of ether oxygens (including phenoxy) is 3. The molecule has 34 heavy (non-hydrogen) atoms. The van der Waals surface area contributed by atoms with E-state index in [1.807, 2.05) is 29.6 Å². The average Bonchev–Trinajstić information content (AvgIpc) is 3.52. The maximum Gasteiger partial charge on any atom is 0.406 e. The molecule has 2 aromatic heterocycles. The number of benzene rings is 1. The van der Waals surface area contributed by atoms with Gasteiger partial charge in [-0.3, -0.25) is 4.79 Å². The number of pyridine rings is 1. The Labute approximate surface area is 199 Å². The molecule has 3 heterocycles. The molecule has 176 valence electrons. The number of nitrogens with zero attached hydrogens (tertiary/aromatic N) is 4. The van der Waals surface area contributed by atoms with Crippen LogP contribution in [0.15, 0.2) is 52.9 Å².